The average Bonchev–Trinajstić information content (AvgIpc) is 2.53. The lowest BCUT2D eigenvalue weighted by atomic mass is 9.97. The number of nitrogens with zero attached hydrogens (tertiary/aromatic N) is 2. The van der Waals surface area contributed by atoms with Crippen molar-refractivity contribution in [2.75, 3.05) is 19.3 Å². The number of non-ortho nitro benzene ring substituents is 1. The van der Waals surface area contributed by atoms with Crippen LogP contribution in [0.1, 0.15) is 23.2 Å². The fourth-order valence-electron chi connectivity index (χ4n) is 2.57. The van der Waals surface area contributed by atoms with Crippen LogP contribution in [0.4, 0.5) is 5.69 Å². The number of nitro benzene ring substituents is 1. The van der Waals surface area contributed by atoms with Crippen LogP contribution in [0.5, 0.6) is 0 Å². The first kappa shape index (κ1) is 17.9. The van der Waals surface area contributed by atoms with Crippen molar-refractivity contribution in [1.29, 1.82) is 0 Å². The zero-order valence-electron chi connectivity index (χ0n) is 12.8. The molecule has 130 valence electrons. The fraction of sp³-hybridized carbons (Fsp3) is 0.429. The molecule has 2 rings (SSSR count). The molecule has 10 heteroatoms. The second-order valence-electron chi connectivity index (χ2n) is 5.67. The number of piperidine rings is 1. The molecule has 1 atom stereocenters. The van der Waals surface area contributed by atoms with Crippen LogP contribution in [0, 0.1) is 16.0 Å². The van der Waals surface area contributed by atoms with Gasteiger partial charge in [0.2, 0.25) is 0 Å². The number of carbonyl (C=O) groups excluding carboxylic acids is 1. The maximum atomic E-state index is 12.5. The summed E-state index contributed by atoms with van der Waals surface area (Å²) in [5, 5.41) is 20.1. The second-order valence-corrected chi connectivity index (χ2v) is 7.69. The van der Waals surface area contributed by atoms with Gasteiger partial charge in [-0.2, -0.15) is 0 Å². The molecular formula is C14H16N2O7S. The van der Waals surface area contributed by atoms with E-state index in [-0.39, 0.29) is 17.0 Å². The van der Waals surface area contributed by atoms with Crippen LogP contribution in [0.2, 0.25) is 0 Å². The largest absolute Gasteiger partial charge is 0.481 e. The normalized spacial score (nSPS) is 18.2. The minimum atomic E-state index is -3.74. The molecule has 1 N–H and O–H groups in total. The van der Waals surface area contributed by atoms with E-state index < -0.39 is 38.2 Å². The molecule has 0 aromatic heterocycles. The number of hydrogen-bond acceptors (Lipinski definition) is 6. The van der Waals surface area contributed by atoms with Gasteiger partial charge in [0.1, 0.15) is 0 Å². The summed E-state index contributed by atoms with van der Waals surface area (Å²) in [5.74, 6) is -2.33. The standard InChI is InChI=1S/C14H16N2O7S/c1-24(22,23)12-6-10(5-11(7-12)16(20)21)13(17)15-4-2-3-9(8-15)14(18)19/h5-7,9H,2-4,8H2,1H3,(H,18,19). The first-order valence-corrected chi connectivity index (χ1v) is 9.00. The quantitative estimate of drug-likeness (QED) is 0.626. The van der Waals surface area contributed by atoms with Gasteiger partial charge in [0.05, 0.1) is 15.7 Å². The maximum Gasteiger partial charge on any atom is 0.308 e. The Morgan fingerprint density at radius 2 is 2.00 bits per heavy atom. The number of benzene rings is 1. The SMILES string of the molecule is CS(=O)(=O)c1cc(C(=O)N2CCCC(C(=O)O)C2)cc([N+](=O)[O-])c1. The van der Waals surface area contributed by atoms with Gasteiger partial charge in [-0.3, -0.25) is 19.7 Å². The highest BCUT2D eigenvalue weighted by Gasteiger charge is 2.30. The van der Waals surface area contributed by atoms with Crippen LogP contribution in [0.25, 0.3) is 0 Å². The lowest BCUT2D eigenvalue weighted by Gasteiger charge is -2.30. The molecule has 1 aliphatic heterocycles. The van der Waals surface area contributed by atoms with Crippen LogP contribution in [-0.4, -0.2) is 54.6 Å². The first-order valence-electron chi connectivity index (χ1n) is 7.11. The van der Waals surface area contributed by atoms with Gasteiger partial charge < -0.3 is 10.0 Å². The molecule has 1 heterocycles. The highest BCUT2D eigenvalue weighted by Crippen LogP contribution is 2.24. The lowest BCUT2D eigenvalue weighted by molar-refractivity contribution is -0.385. The minimum Gasteiger partial charge on any atom is -0.481 e. The number of nitro groups is 1. The number of likely N-dealkylation sites (tertiary alicyclic amines) is 1. The Balaban J connectivity index is 2.40. The third kappa shape index (κ3) is 3.88. The summed E-state index contributed by atoms with van der Waals surface area (Å²) >= 11 is 0. The van der Waals surface area contributed by atoms with E-state index in [1.165, 1.54) is 4.90 Å². The van der Waals surface area contributed by atoms with E-state index in [0.29, 0.717) is 19.4 Å². The Hall–Kier alpha value is -2.49. The molecule has 9 nitrogen and oxygen atoms in total. The molecule has 1 fully saturated rings. The van der Waals surface area contributed by atoms with Gasteiger partial charge in [-0.1, -0.05) is 0 Å². The lowest BCUT2D eigenvalue weighted by Crippen LogP contribution is -2.42. The first-order chi connectivity index (χ1) is 11.1. The Labute approximate surface area is 138 Å². The van der Waals surface area contributed by atoms with Crippen LogP contribution in [0.3, 0.4) is 0 Å². The predicted octanol–water partition coefficient (Wildman–Crippen LogP) is 0.935. The van der Waals surface area contributed by atoms with Crippen molar-refractivity contribution in [3.8, 4) is 0 Å². The molecule has 0 saturated carbocycles. The molecule has 0 bridgehead atoms. The predicted molar refractivity (Wildman–Crippen MR) is 82.5 cm³/mol. The molecule has 1 aromatic carbocycles. The average molecular weight is 356 g/mol. The Kier molecular flexibility index (Phi) is 4.88. The summed E-state index contributed by atoms with van der Waals surface area (Å²) in [7, 11) is -3.74. The summed E-state index contributed by atoms with van der Waals surface area (Å²) in [6.07, 6.45) is 1.83. The van der Waals surface area contributed by atoms with E-state index in [4.69, 9.17) is 5.11 Å². The number of carboxylic acid groups (broad SMARTS) is 1. The third-order valence-electron chi connectivity index (χ3n) is 3.84. The van der Waals surface area contributed by atoms with Crippen LogP contribution in [0.15, 0.2) is 23.1 Å². The molecule has 0 aliphatic carbocycles. The van der Waals surface area contributed by atoms with E-state index in [0.717, 1.165) is 24.5 Å². The van der Waals surface area contributed by atoms with Gasteiger partial charge in [-0.15, -0.1) is 0 Å². The number of carboxylic acids is 1. The number of hydrogen-bond donors (Lipinski definition) is 1. The summed E-state index contributed by atoms with van der Waals surface area (Å²) in [6.45, 7) is 0.310. The van der Waals surface area contributed by atoms with E-state index in [2.05, 4.69) is 0 Å². The van der Waals surface area contributed by atoms with Gasteiger partial charge in [0.15, 0.2) is 9.84 Å². The number of sulfone groups is 1. The van der Waals surface area contributed by atoms with Crippen LogP contribution in [-0.2, 0) is 14.6 Å². The van der Waals surface area contributed by atoms with E-state index >= 15 is 0 Å². The number of aliphatic carboxylic acids is 1. The van der Waals surface area contributed by atoms with Crippen molar-refractivity contribution >= 4 is 27.4 Å². The van der Waals surface area contributed by atoms with Crippen LogP contribution < -0.4 is 0 Å². The number of amides is 1. The van der Waals surface area contributed by atoms with Gasteiger partial charge in [0, 0.05) is 37.0 Å². The van der Waals surface area contributed by atoms with Gasteiger partial charge in [-0.05, 0) is 18.9 Å². The van der Waals surface area contributed by atoms with E-state index in [1.807, 2.05) is 0 Å². The molecule has 1 saturated heterocycles. The minimum absolute atomic E-state index is 0.00886. The van der Waals surface area contributed by atoms with Crippen molar-refractivity contribution in [3.63, 3.8) is 0 Å². The third-order valence-corrected chi connectivity index (χ3v) is 4.93. The summed E-state index contributed by atoms with van der Waals surface area (Å²) in [5.41, 5.74) is -0.649. The topological polar surface area (TPSA) is 135 Å². The maximum absolute atomic E-state index is 12.5. The molecule has 24 heavy (non-hydrogen) atoms. The van der Waals surface area contributed by atoms with Gasteiger partial charge >= 0.3 is 5.97 Å². The molecule has 1 amide bonds. The van der Waals surface area contributed by atoms with Gasteiger partial charge in [0.25, 0.3) is 11.6 Å². The highest BCUT2D eigenvalue weighted by atomic mass is 32.2. The monoisotopic (exact) mass is 356 g/mol. The molecule has 1 aliphatic rings. The van der Waals surface area contributed by atoms with Crippen molar-refractivity contribution in [2.24, 2.45) is 5.92 Å². The van der Waals surface area contributed by atoms with Crippen molar-refractivity contribution in [2.45, 2.75) is 17.7 Å². The van der Waals surface area contributed by atoms with E-state index in [9.17, 15) is 28.1 Å². The molecular weight excluding hydrogens is 340 g/mol. The summed E-state index contributed by atoms with van der Waals surface area (Å²) in [4.78, 5) is 34.8. The second kappa shape index (κ2) is 6.56. The Bertz CT molecular complexity index is 803. The molecule has 1 unspecified atom stereocenters. The zero-order chi connectivity index (χ0) is 18.1. The van der Waals surface area contributed by atoms with Crippen LogP contribution >= 0.6 is 0 Å². The fourth-order valence-corrected chi connectivity index (χ4v) is 3.25. The highest BCUT2D eigenvalue weighted by molar-refractivity contribution is 7.90. The molecule has 0 spiro atoms. The smallest absolute Gasteiger partial charge is 0.308 e. The Morgan fingerprint density at radius 3 is 2.54 bits per heavy atom. The van der Waals surface area contributed by atoms with E-state index in [1.54, 1.807) is 0 Å². The number of carbonyl (C=O) groups is 2. The van der Waals surface area contributed by atoms with Crippen molar-refractivity contribution < 1.29 is 28.0 Å². The van der Waals surface area contributed by atoms with Crippen molar-refractivity contribution in [1.82, 2.24) is 4.90 Å². The molecule has 1 aromatic rings. The Morgan fingerprint density at radius 1 is 1.33 bits per heavy atom. The van der Waals surface area contributed by atoms with Gasteiger partial charge in [-0.25, -0.2) is 8.42 Å². The molecule has 0 radical (unpaired) electrons. The summed E-state index contributed by atoms with van der Waals surface area (Å²) in [6, 6.07) is 2.97. The number of rotatable bonds is 4. The van der Waals surface area contributed by atoms with Crippen molar-refractivity contribution in [3.05, 3.63) is 33.9 Å². The summed E-state index contributed by atoms with van der Waals surface area (Å²) < 4.78 is 23.3. The zero-order valence-corrected chi connectivity index (χ0v) is 13.7.